The van der Waals surface area contributed by atoms with E-state index in [1.165, 1.54) is 12.1 Å². The second-order valence-electron chi connectivity index (χ2n) is 7.15. The van der Waals surface area contributed by atoms with Crippen molar-refractivity contribution in [2.24, 2.45) is 0 Å². The average molecular weight is 466 g/mol. The molecule has 0 fully saturated rings. The van der Waals surface area contributed by atoms with Gasteiger partial charge in [0.15, 0.2) is 0 Å². The summed E-state index contributed by atoms with van der Waals surface area (Å²) in [5, 5.41) is 16.7. The van der Waals surface area contributed by atoms with Crippen LogP contribution in [0.5, 0.6) is 0 Å². The van der Waals surface area contributed by atoms with Gasteiger partial charge in [0.2, 0.25) is 0 Å². The maximum Gasteiger partial charge on any atom is 0.490 e. The maximum absolute atomic E-state index is 13.4. The van der Waals surface area contributed by atoms with Gasteiger partial charge >= 0.3 is 18.2 Å². The highest BCUT2D eigenvalue weighted by atomic mass is 19.4. The van der Waals surface area contributed by atoms with Crippen LogP contribution >= 0.6 is 0 Å². The van der Waals surface area contributed by atoms with Crippen molar-refractivity contribution in [3.63, 3.8) is 0 Å². The van der Waals surface area contributed by atoms with E-state index in [0.29, 0.717) is 12.2 Å². The van der Waals surface area contributed by atoms with Crippen molar-refractivity contribution >= 4 is 17.7 Å². The van der Waals surface area contributed by atoms with E-state index in [1.54, 1.807) is 17.2 Å². The van der Waals surface area contributed by atoms with Crippen LogP contribution in [0.3, 0.4) is 0 Å². The minimum absolute atomic E-state index is 0.0246. The van der Waals surface area contributed by atoms with Gasteiger partial charge in [-0.3, -0.25) is 5.10 Å². The summed E-state index contributed by atoms with van der Waals surface area (Å²) in [4.78, 5) is 23.2. The molecule has 0 unspecified atom stereocenters. The highest BCUT2D eigenvalue weighted by Crippen LogP contribution is 2.21. The van der Waals surface area contributed by atoms with Crippen LogP contribution in [0.4, 0.5) is 28.0 Å². The lowest BCUT2D eigenvalue weighted by molar-refractivity contribution is -0.192. The van der Waals surface area contributed by atoms with Gasteiger partial charge in [-0.1, -0.05) is 24.3 Å². The fraction of sp³-hybridized carbons (Fsp3) is 0.227. The smallest absolute Gasteiger partial charge is 0.475 e. The zero-order valence-corrected chi connectivity index (χ0v) is 17.7. The van der Waals surface area contributed by atoms with Crippen molar-refractivity contribution in [3.05, 3.63) is 72.3 Å². The molecule has 0 saturated carbocycles. The summed E-state index contributed by atoms with van der Waals surface area (Å²) in [5.74, 6) is -3.06. The predicted molar refractivity (Wildman–Crippen MR) is 114 cm³/mol. The number of carboxylic acids is 1. The number of nitrogens with one attached hydrogen (secondary N) is 2. The first-order valence-corrected chi connectivity index (χ1v) is 9.68. The predicted octanol–water partition coefficient (Wildman–Crippen LogP) is 5.29. The highest BCUT2D eigenvalue weighted by Gasteiger charge is 2.38. The largest absolute Gasteiger partial charge is 0.490 e. The van der Waals surface area contributed by atoms with Crippen LogP contribution in [0.2, 0.25) is 0 Å². The number of carbonyl (C=O) groups is 2. The molecule has 1 aromatic heterocycles. The van der Waals surface area contributed by atoms with Crippen LogP contribution in [0.15, 0.2) is 60.9 Å². The lowest BCUT2D eigenvalue weighted by atomic mass is 10.1. The Morgan fingerprint density at radius 1 is 1.12 bits per heavy atom. The molecule has 2 amide bonds. The number of amides is 2. The summed E-state index contributed by atoms with van der Waals surface area (Å²) < 4.78 is 45.1. The number of aliphatic carboxylic acids is 1. The fourth-order valence-corrected chi connectivity index (χ4v) is 2.67. The summed E-state index contributed by atoms with van der Waals surface area (Å²) >= 11 is 0. The second-order valence-corrected chi connectivity index (χ2v) is 7.15. The Labute approximate surface area is 187 Å². The van der Waals surface area contributed by atoms with Gasteiger partial charge in [0.1, 0.15) is 5.82 Å². The minimum atomic E-state index is -5.08. The number of carboxylic acid groups (broad SMARTS) is 1. The second kappa shape index (κ2) is 11.1. The molecule has 3 N–H and O–H groups in total. The van der Waals surface area contributed by atoms with Gasteiger partial charge in [0.25, 0.3) is 0 Å². The number of nitrogens with zero attached hydrogens (tertiary/aromatic N) is 2. The molecule has 0 saturated heterocycles. The standard InChI is InChI=1S/C20H21FN4O.C2HF3O2/c1-14(2)25(13-15-4-3-5-18(21)10-15)20(26)24-19-8-6-16(7-9-19)17-11-22-23-12-17;3-2(4,5)1(6)7/h3-12,14H,13H2,1-2H3,(H,22,23)(H,24,26);(H,6,7). The van der Waals surface area contributed by atoms with Gasteiger partial charge in [-0.2, -0.15) is 18.3 Å². The van der Waals surface area contributed by atoms with Crippen molar-refractivity contribution in [3.8, 4) is 11.1 Å². The number of carbonyl (C=O) groups excluding carboxylic acids is 1. The summed E-state index contributed by atoms with van der Waals surface area (Å²) in [6, 6.07) is 13.6. The van der Waals surface area contributed by atoms with Crippen molar-refractivity contribution in [1.82, 2.24) is 15.1 Å². The van der Waals surface area contributed by atoms with E-state index in [0.717, 1.165) is 16.7 Å². The number of hydrogen-bond acceptors (Lipinski definition) is 3. The molecule has 2 aromatic carbocycles. The highest BCUT2D eigenvalue weighted by molar-refractivity contribution is 5.89. The van der Waals surface area contributed by atoms with Gasteiger partial charge in [-0.05, 0) is 49.2 Å². The summed E-state index contributed by atoms with van der Waals surface area (Å²) in [6.45, 7) is 4.20. The lowest BCUT2D eigenvalue weighted by Gasteiger charge is -2.27. The number of rotatable bonds is 5. The first-order chi connectivity index (χ1) is 15.5. The zero-order chi connectivity index (χ0) is 24.6. The first kappa shape index (κ1) is 25.4. The molecule has 33 heavy (non-hydrogen) atoms. The number of urea groups is 1. The van der Waals surface area contributed by atoms with Crippen LogP contribution in [-0.2, 0) is 11.3 Å². The van der Waals surface area contributed by atoms with Crippen molar-refractivity contribution < 1.29 is 32.3 Å². The molecule has 3 aromatic rings. The van der Waals surface area contributed by atoms with E-state index in [1.807, 2.05) is 50.4 Å². The van der Waals surface area contributed by atoms with Crippen molar-refractivity contribution in [1.29, 1.82) is 0 Å². The molecule has 0 spiro atoms. The van der Waals surface area contributed by atoms with E-state index in [-0.39, 0.29) is 17.9 Å². The fourth-order valence-electron chi connectivity index (χ4n) is 2.67. The molecule has 0 radical (unpaired) electrons. The summed E-state index contributed by atoms with van der Waals surface area (Å²) in [6.07, 6.45) is -1.53. The van der Waals surface area contributed by atoms with E-state index in [2.05, 4.69) is 15.5 Å². The molecule has 0 atom stereocenters. The Hall–Kier alpha value is -3.89. The van der Waals surface area contributed by atoms with E-state index >= 15 is 0 Å². The number of anilines is 1. The van der Waals surface area contributed by atoms with Gasteiger partial charge in [0.05, 0.1) is 6.20 Å². The molecule has 0 aliphatic rings. The van der Waals surface area contributed by atoms with E-state index < -0.39 is 12.1 Å². The summed E-state index contributed by atoms with van der Waals surface area (Å²) in [5.41, 5.74) is 3.45. The topological polar surface area (TPSA) is 98.3 Å². The van der Waals surface area contributed by atoms with Gasteiger partial charge in [0, 0.05) is 30.0 Å². The lowest BCUT2D eigenvalue weighted by Crippen LogP contribution is -2.39. The van der Waals surface area contributed by atoms with Crippen LogP contribution < -0.4 is 5.32 Å². The average Bonchev–Trinajstić information content (AvgIpc) is 3.27. The Kier molecular flexibility index (Phi) is 8.55. The SMILES string of the molecule is CC(C)N(Cc1cccc(F)c1)C(=O)Nc1ccc(-c2cn[nH]c2)cc1.O=C(O)C(F)(F)F. The number of benzene rings is 2. The van der Waals surface area contributed by atoms with Crippen LogP contribution in [0.25, 0.3) is 11.1 Å². The molecule has 0 aliphatic heterocycles. The molecule has 7 nitrogen and oxygen atoms in total. The Morgan fingerprint density at radius 2 is 1.76 bits per heavy atom. The maximum atomic E-state index is 13.4. The number of aromatic nitrogens is 2. The minimum Gasteiger partial charge on any atom is -0.475 e. The van der Waals surface area contributed by atoms with E-state index in [4.69, 9.17) is 9.90 Å². The van der Waals surface area contributed by atoms with Gasteiger partial charge < -0.3 is 15.3 Å². The zero-order valence-electron chi connectivity index (χ0n) is 17.7. The first-order valence-electron chi connectivity index (χ1n) is 9.68. The van der Waals surface area contributed by atoms with Crippen molar-refractivity contribution in [2.75, 3.05) is 5.32 Å². The van der Waals surface area contributed by atoms with Crippen LogP contribution in [0, 0.1) is 5.82 Å². The van der Waals surface area contributed by atoms with Crippen LogP contribution in [-0.4, -0.2) is 44.4 Å². The van der Waals surface area contributed by atoms with E-state index in [9.17, 15) is 22.4 Å². The Morgan fingerprint density at radius 3 is 2.24 bits per heavy atom. The molecule has 176 valence electrons. The molecule has 0 aliphatic carbocycles. The molecule has 1 heterocycles. The third-order valence-electron chi connectivity index (χ3n) is 4.34. The molecular weight excluding hydrogens is 444 g/mol. The number of H-pyrrole nitrogens is 1. The molecular formula is C22H22F4N4O3. The Bertz CT molecular complexity index is 1050. The quantitative estimate of drug-likeness (QED) is 0.445. The normalized spacial score (nSPS) is 10.9. The number of hydrogen-bond donors (Lipinski definition) is 3. The number of alkyl halides is 3. The van der Waals surface area contributed by atoms with Crippen LogP contribution in [0.1, 0.15) is 19.4 Å². The third-order valence-corrected chi connectivity index (χ3v) is 4.34. The number of halogens is 4. The monoisotopic (exact) mass is 466 g/mol. The van der Waals surface area contributed by atoms with Crippen molar-refractivity contribution in [2.45, 2.75) is 32.6 Å². The molecule has 11 heteroatoms. The summed E-state index contributed by atoms with van der Waals surface area (Å²) in [7, 11) is 0. The third kappa shape index (κ3) is 7.95. The van der Waals surface area contributed by atoms with Gasteiger partial charge in [-0.15, -0.1) is 0 Å². The molecule has 0 bridgehead atoms. The Balaban J connectivity index is 0.000000479. The van der Waals surface area contributed by atoms with Gasteiger partial charge in [-0.25, -0.2) is 14.0 Å². The molecule has 3 rings (SSSR count). The number of aromatic amines is 1.